The van der Waals surface area contributed by atoms with E-state index in [4.69, 9.17) is 6.42 Å². The molecule has 0 aromatic heterocycles. The molecule has 0 aliphatic rings. The van der Waals surface area contributed by atoms with E-state index in [1.165, 1.54) is 0 Å². The third kappa shape index (κ3) is 3.30. The molecule has 44 valence electrons. The Kier molecular flexibility index (Phi) is 3.78. The molecule has 0 fully saturated rings. The highest BCUT2D eigenvalue weighted by atomic mass is 14.8. The highest BCUT2D eigenvalue weighted by molar-refractivity contribution is 5.02. The summed E-state index contributed by atoms with van der Waals surface area (Å²) < 4.78 is 0. The van der Waals surface area contributed by atoms with Crippen molar-refractivity contribution in [3.05, 3.63) is 11.8 Å². The quantitative estimate of drug-likeness (QED) is 0.524. The Morgan fingerprint density at radius 1 is 1.88 bits per heavy atom. The maximum Gasteiger partial charge on any atom is 0.0286 e. The molecule has 0 aliphatic carbocycles. The molecule has 1 nitrogen and oxygen atoms in total. The summed E-state index contributed by atoms with van der Waals surface area (Å²) >= 11 is 0. The number of rotatable bonds is 2. The van der Waals surface area contributed by atoms with Gasteiger partial charge in [0.1, 0.15) is 0 Å². The average molecular weight is 109 g/mol. The Hall–Kier alpha value is -0.900. The first-order valence-electron chi connectivity index (χ1n) is 2.59. The minimum atomic E-state index is 0.715. The van der Waals surface area contributed by atoms with Crippen LogP contribution in [-0.4, -0.2) is 7.05 Å². The fraction of sp³-hybridized carbons (Fsp3) is 0.429. The topological polar surface area (TPSA) is 12.0 Å². The molecule has 0 amide bonds. The molecule has 0 aliphatic heterocycles. The molecule has 0 radical (unpaired) electrons. The van der Waals surface area contributed by atoms with Gasteiger partial charge >= 0.3 is 0 Å². The van der Waals surface area contributed by atoms with Crippen molar-refractivity contribution in [2.24, 2.45) is 0 Å². The lowest BCUT2D eigenvalue weighted by Gasteiger charge is -1.93. The third-order valence-corrected chi connectivity index (χ3v) is 0.920. The average Bonchev–Trinajstić information content (AvgIpc) is 1.83. The molecule has 0 aromatic carbocycles. The van der Waals surface area contributed by atoms with Crippen LogP contribution in [0.5, 0.6) is 0 Å². The molecule has 0 atom stereocenters. The third-order valence-electron chi connectivity index (χ3n) is 0.920. The van der Waals surface area contributed by atoms with Crippen LogP contribution in [0.15, 0.2) is 11.8 Å². The summed E-state index contributed by atoms with van der Waals surface area (Å²) in [5.41, 5.74) is 1.13. The highest BCUT2D eigenvalue weighted by Crippen LogP contribution is 1.86. The monoisotopic (exact) mass is 109 g/mol. The molecule has 0 heterocycles. The molecule has 1 heteroatoms. The fourth-order valence-electron chi connectivity index (χ4n) is 0.314. The van der Waals surface area contributed by atoms with E-state index in [1.807, 2.05) is 20.0 Å². The van der Waals surface area contributed by atoms with E-state index in [0.717, 1.165) is 5.70 Å². The van der Waals surface area contributed by atoms with Crippen LogP contribution in [0.1, 0.15) is 13.3 Å². The van der Waals surface area contributed by atoms with Crippen molar-refractivity contribution in [3.8, 4) is 12.3 Å². The van der Waals surface area contributed by atoms with Gasteiger partial charge in [-0.3, -0.25) is 0 Å². The van der Waals surface area contributed by atoms with E-state index in [1.54, 1.807) is 0 Å². The maximum absolute atomic E-state index is 5.01. The lowest BCUT2D eigenvalue weighted by atomic mass is 10.3. The summed E-state index contributed by atoms with van der Waals surface area (Å²) in [6.07, 6.45) is 7.70. The molecule has 0 aromatic rings. The van der Waals surface area contributed by atoms with Crippen LogP contribution >= 0.6 is 0 Å². The van der Waals surface area contributed by atoms with Gasteiger partial charge in [-0.25, -0.2) is 0 Å². The van der Waals surface area contributed by atoms with Crippen LogP contribution in [0.4, 0.5) is 0 Å². The highest BCUT2D eigenvalue weighted by Gasteiger charge is 1.75. The van der Waals surface area contributed by atoms with Crippen molar-refractivity contribution in [2.45, 2.75) is 13.3 Å². The first kappa shape index (κ1) is 7.10. The molecule has 0 spiro atoms. The summed E-state index contributed by atoms with van der Waals surface area (Å²) in [7, 11) is 1.88. The van der Waals surface area contributed by atoms with Gasteiger partial charge in [-0.05, 0) is 6.92 Å². The zero-order valence-electron chi connectivity index (χ0n) is 5.36. The zero-order chi connectivity index (χ0) is 6.41. The molecule has 1 N–H and O–H groups in total. The van der Waals surface area contributed by atoms with Gasteiger partial charge in [0.2, 0.25) is 0 Å². The van der Waals surface area contributed by atoms with Crippen molar-refractivity contribution in [2.75, 3.05) is 7.05 Å². The second-order valence-electron chi connectivity index (χ2n) is 1.55. The van der Waals surface area contributed by atoms with Gasteiger partial charge in [-0.15, -0.1) is 12.3 Å². The molecule has 0 unspecified atom stereocenters. The van der Waals surface area contributed by atoms with E-state index >= 15 is 0 Å². The van der Waals surface area contributed by atoms with Crippen molar-refractivity contribution in [1.29, 1.82) is 0 Å². The molecule has 8 heavy (non-hydrogen) atoms. The van der Waals surface area contributed by atoms with E-state index in [2.05, 4.69) is 11.2 Å². The summed E-state index contributed by atoms with van der Waals surface area (Å²) in [4.78, 5) is 0. The van der Waals surface area contributed by atoms with Gasteiger partial charge in [0.15, 0.2) is 0 Å². The lowest BCUT2D eigenvalue weighted by molar-refractivity contribution is 0.978. The Labute approximate surface area is 50.8 Å². The Bertz CT molecular complexity index is 117. The minimum absolute atomic E-state index is 0.715. The van der Waals surface area contributed by atoms with Crippen LogP contribution < -0.4 is 5.32 Å². The van der Waals surface area contributed by atoms with Crippen LogP contribution in [0, 0.1) is 12.3 Å². The van der Waals surface area contributed by atoms with Crippen LogP contribution in [-0.2, 0) is 0 Å². The normalized spacial score (nSPS) is 10.4. The number of terminal acetylenes is 1. The van der Waals surface area contributed by atoms with E-state index < -0.39 is 0 Å². The summed E-state index contributed by atoms with van der Waals surface area (Å²) in [5, 5.41) is 2.97. The number of hydrogen-bond acceptors (Lipinski definition) is 1. The maximum atomic E-state index is 5.01. The molecular weight excluding hydrogens is 98.1 g/mol. The van der Waals surface area contributed by atoms with Crippen molar-refractivity contribution in [1.82, 2.24) is 5.32 Å². The van der Waals surface area contributed by atoms with Crippen molar-refractivity contribution >= 4 is 0 Å². The molecule has 0 rings (SSSR count). The Morgan fingerprint density at radius 2 is 2.50 bits per heavy atom. The predicted octanol–water partition coefficient (Wildman–Crippen LogP) is 1.13. The van der Waals surface area contributed by atoms with Crippen LogP contribution in [0.25, 0.3) is 0 Å². The van der Waals surface area contributed by atoms with Gasteiger partial charge in [-0.1, -0.05) is 6.08 Å². The Balaban J connectivity index is 3.45. The van der Waals surface area contributed by atoms with E-state index in [9.17, 15) is 0 Å². The van der Waals surface area contributed by atoms with Gasteiger partial charge in [0, 0.05) is 19.2 Å². The number of allylic oxidation sites excluding steroid dienone is 2. The van der Waals surface area contributed by atoms with Crippen molar-refractivity contribution < 1.29 is 0 Å². The van der Waals surface area contributed by atoms with E-state index in [-0.39, 0.29) is 0 Å². The zero-order valence-corrected chi connectivity index (χ0v) is 5.36. The molecule has 0 bridgehead atoms. The van der Waals surface area contributed by atoms with Gasteiger partial charge < -0.3 is 5.32 Å². The minimum Gasteiger partial charge on any atom is -0.392 e. The van der Waals surface area contributed by atoms with Crippen LogP contribution in [0.2, 0.25) is 0 Å². The largest absolute Gasteiger partial charge is 0.392 e. The van der Waals surface area contributed by atoms with Gasteiger partial charge in [0.05, 0.1) is 0 Å². The second-order valence-corrected chi connectivity index (χ2v) is 1.55. The SMILES string of the molecule is C#CC/C=C(/C)NC. The number of hydrogen-bond donors (Lipinski definition) is 1. The molecule has 0 saturated carbocycles. The Morgan fingerprint density at radius 3 is 2.88 bits per heavy atom. The fourth-order valence-corrected chi connectivity index (χ4v) is 0.314. The smallest absolute Gasteiger partial charge is 0.0286 e. The second kappa shape index (κ2) is 4.26. The first-order valence-corrected chi connectivity index (χ1v) is 2.59. The van der Waals surface area contributed by atoms with Crippen molar-refractivity contribution in [3.63, 3.8) is 0 Å². The predicted molar refractivity (Wildman–Crippen MR) is 36.3 cm³/mol. The lowest BCUT2D eigenvalue weighted by Crippen LogP contribution is -2.00. The number of nitrogens with one attached hydrogen (secondary N) is 1. The van der Waals surface area contributed by atoms with Crippen LogP contribution in [0.3, 0.4) is 0 Å². The molecule has 0 saturated heterocycles. The molecular formula is C7H11N. The summed E-state index contributed by atoms with van der Waals surface area (Å²) in [5.74, 6) is 2.52. The standard InChI is InChI=1S/C7H11N/c1-4-5-6-7(2)8-3/h1,6,8H,5H2,2-3H3/b7-6-. The first-order chi connectivity index (χ1) is 3.81. The summed E-state index contributed by atoms with van der Waals surface area (Å²) in [6, 6.07) is 0. The summed E-state index contributed by atoms with van der Waals surface area (Å²) in [6.45, 7) is 1.98. The van der Waals surface area contributed by atoms with Gasteiger partial charge in [0.25, 0.3) is 0 Å². The van der Waals surface area contributed by atoms with E-state index in [0.29, 0.717) is 6.42 Å². The van der Waals surface area contributed by atoms with Gasteiger partial charge in [-0.2, -0.15) is 0 Å².